The number of ether oxygens (including phenoxy) is 3. The number of hydrogen-bond acceptors (Lipinski definition) is 19. The van der Waals surface area contributed by atoms with Crippen LogP contribution in [0.5, 0.6) is 0 Å². The largest absolute Gasteiger partial charge is 0.456 e. The van der Waals surface area contributed by atoms with E-state index >= 15 is 0 Å². The van der Waals surface area contributed by atoms with E-state index in [0.717, 1.165) is 35.8 Å². The normalized spacial score (nSPS) is 36.5. The molecule has 21 heteroatoms. The Bertz CT molecular complexity index is 3130. The second-order valence-corrected chi connectivity index (χ2v) is 32.2. The van der Waals surface area contributed by atoms with Gasteiger partial charge < -0.3 is 35.1 Å². The quantitative estimate of drug-likeness (QED) is 0.0448. The van der Waals surface area contributed by atoms with Crippen LogP contribution in [0.2, 0.25) is 0 Å². The molecule has 4 N–H and O–H groups in total. The highest BCUT2D eigenvalue weighted by molar-refractivity contribution is 8.04. The summed E-state index contributed by atoms with van der Waals surface area (Å²) in [7, 11) is 0. The van der Waals surface area contributed by atoms with Gasteiger partial charge in [0.1, 0.15) is 47.4 Å². The van der Waals surface area contributed by atoms with E-state index in [9.17, 15) is 67.7 Å². The fourth-order valence-electron chi connectivity index (χ4n) is 17.8. The second kappa shape index (κ2) is 29.2. The van der Waals surface area contributed by atoms with Crippen LogP contribution < -0.4 is 10.6 Å². The molecule has 0 radical (unpaired) electrons. The Labute approximate surface area is 555 Å². The van der Waals surface area contributed by atoms with Crippen LogP contribution in [-0.2, 0) is 71.7 Å². The smallest absolute Gasteiger partial charge is 0.325 e. The lowest BCUT2D eigenvalue weighted by molar-refractivity contribution is -0.172. The first-order valence-electron chi connectivity index (χ1n) is 34.1. The van der Waals surface area contributed by atoms with E-state index in [-0.39, 0.29) is 145 Å². The monoisotopic (exact) mass is 1330 g/mol. The van der Waals surface area contributed by atoms with E-state index < -0.39 is 106 Å². The van der Waals surface area contributed by atoms with Crippen LogP contribution in [0.15, 0.2) is 47.6 Å². The van der Waals surface area contributed by atoms with Crippen molar-refractivity contribution in [3.63, 3.8) is 0 Å². The fourth-order valence-corrected chi connectivity index (χ4v) is 21.2. The summed E-state index contributed by atoms with van der Waals surface area (Å²) in [5.41, 5.74) is -5.36. The molecule has 0 aliphatic heterocycles. The van der Waals surface area contributed by atoms with Crippen molar-refractivity contribution in [2.75, 3.05) is 51.0 Å². The number of fused-ring (bicyclic) bond motifs is 10. The van der Waals surface area contributed by atoms with Crippen molar-refractivity contribution < 1.29 is 82.0 Å². The molecule has 18 atom stereocenters. The van der Waals surface area contributed by atoms with Gasteiger partial charge in [-0.2, -0.15) is 23.5 Å². The van der Waals surface area contributed by atoms with Gasteiger partial charge in [0.15, 0.2) is 24.8 Å². The van der Waals surface area contributed by atoms with Crippen LogP contribution in [0, 0.1) is 80.8 Å². The maximum Gasteiger partial charge on any atom is 0.325 e. The number of thioether (sulfide) groups is 2. The summed E-state index contributed by atoms with van der Waals surface area (Å²) in [5, 5.41) is 29.6. The lowest BCUT2D eigenvalue weighted by Gasteiger charge is -2.56. The minimum atomic E-state index is -1.94. The predicted octanol–water partition coefficient (Wildman–Crippen LogP) is 7.92. The third kappa shape index (κ3) is 14.6. The summed E-state index contributed by atoms with van der Waals surface area (Å²) in [6, 6.07) is 0. The van der Waals surface area contributed by atoms with Gasteiger partial charge in [-0.25, -0.2) is 0 Å². The first-order chi connectivity index (χ1) is 43.9. The Morgan fingerprint density at radius 3 is 1.44 bits per heavy atom. The van der Waals surface area contributed by atoms with E-state index in [2.05, 4.69) is 24.5 Å². The Morgan fingerprint density at radius 1 is 0.602 bits per heavy atom. The number of amides is 2. The van der Waals surface area contributed by atoms with Crippen LogP contribution in [0.3, 0.4) is 0 Å². The Balaban J connectivity index is 0.00000161. The van der Waals surface area contributed by atoms with Gasteiger partial charge in [0.05, 0.1) is 19.1 Å². The summed E-state index contributed by atoms with van der Waals surface area (Å²) in [5.74, 6) is -4.72. The third-order valence-corrected chi connectivity index (χ3v) is 27.7. The van der Waals surface area contributed by atoms with Crippen LogP contribution in [0.4, 0.5) is 0 Å². The van der Waals surface area contributed by atoms with Gasteiger partial charge in [-0.05, 0) is 137 Å². The molecule has 0 aromatic heterocycles. The van der Waals surface area contributed by atoms with E-state index in [4.69, 9.17) is 14.2 Å². The van der Waals surface area contributed by atoms with Crippen LogP contribution in [0.25, 0.3) is 0 Å². The highest BCUT2D eigenvalue weighted by Gasteiger charge is 2.70. The maximum absolute atomic E-state index is 14.1. The number of allylic oxidation sites excluding steroid dienone is 8. The standard InChI is InChI=1S/C66H86N2O17S2.C6H12/c1-7-38(59(79)67-31-55(77)84-33-53(75)65(81)22-16-47-45-10-8-40-27-42(70)14-20-61(40,3)57(45)49(73)29-63(47,65)5)35-86-51-12-13-52(51)87-36-39(26-44(72)19-25-83-24-18-37(2)69)60(80)68-32-56(78)85-34-54(76)66(82)23-17-48-46-11-9-41-28-43(71)15-21-62(41,4)58(46)50(74)30-64(48,66)6;1-5-3-4-6(5)2/h14-15,20-21,27-28,38-39,45-48,51-52,57-58,81-82H,7-13,16-19,22-26,29-36H2,1-6H3,(H,67,79)(H,68,80);5-6H,3-4H2,1-2H3/t38?,39?,45?,46?,47?,48?,51?,52?,57?,58?,61-,62-,63-,64-,65-,66-;/m0./s1. The molecule has 10 aliphatic carbocycles. The van der Waals surface area contributed by atoms with Crippen molar-refractivity contribution in [2.24, 2.45) is 80.8 Å². The van der Waals surface area contributed by atoms with Crippen LogP contribution in [-0.4, -0.2) is 153 Å². The molecule has 10 rings (SSSR count). The summed E-state index contributed by atoms with van der Waals surface area (Å²) in [6.07, 6.45) is 18.8. The van der Waals surface area contributed by atoms with Gasteiger partial charge in [-0.1, -0.05) is 84.6 Å². The number of ketones is 8. The lowest BCUT2D eigenvalue weighted by Crippen LogP contribution is -2.60. The van der Waals surface area contributed by atoms with Gasteiger partial charge in [0, 0.05) is 93.5 Å². The molecule has 510 valence electrons. The molecule has 12 unspecified atom stereocenters. The molecule has 19 nitrogen and oxygen atoms in total. The van der Waals surface area contributed by atoms with Crippen molar-refractivity contribution >= 4 is 93.5 Å². The zero-order valence-corrected chi connectivity index (χ0v) is 57.2. The van der Waals surface area contributed by atoms with E-state index in [0.29, 0.717) is 50.7 Å². The Hall–Kier alpha value is -5.22. The minimum Gasteiger partial charge on any atom is -0.456 e. The number of nitrogens with one attached hydrogen (secondary N) is 2. The number of esters is 2. The molecule has 0 bridgehead atoms. The second-order valence-electron chi connectivity index (χ2n) is 29.7. The number of carbonyl (C=O) groups is 12. The van der Waals surface area contributed by atoms with Gasteiger partial charge in [0.25, 0.3) is 0 Å². The van der Waals surface area contributed by atoms with Crippen molar-refractivity contribution in [3.8, 4) is 0 Å². The number of aliphatic hydroxyl groups is 2. The van der Waals surface area contributed by atoms with Crippen LogP contribution >= 0.6 is 23.5 Å². The molecule has 0 heterocycles. The van der Waals surface area contributed by atoms with Gasteiger partial charge >= 0.3 is 11.9 Å². The first kappa shape index (κ1) is 72.1. The fraction of sp³-hybridized carbons (Fsp3) is 0.722. The Morgan fingerprint density at radius 2 is 1.03 bits per heavy atom. The molecular formula is C72H98N2O17S2. The molecule has 93 heavy (non-hydrogen) atoms. The molecule has 8 saturated carbocycles. The van der Waals surface area contributed by atoms with Crippen LogP contribution in [0.1, 0.15) is 171 Å². The third-order valence-electron chi connectivity index (χ3n) is 24.3. The SMILES string of the molecule is CC1CCC1C.CCC(CSC1CCC1SCC(CC(=O)CCOCCC(C)=O)C(=O)NCC(=O)OCC(=O)[C@@]1(O)CCC2C3CCC4=CC(=O)C=C[C@]4(C)C3C(=O)C[C@@]21C)C(=O)NCC(=O)OCC(=O)[C@@]1(O)CCC2C3CCC4=CC(=O)C=C[C@]4(C)C3C(=O)C[C@@]21C. The maximum atomic E-state index is 14.1. The van der Waals surface area contributed by atoms with Gasteiger partial charge in [0.2, 0.25) is 23.4 Å². The summed E-state index contributed by atoms with van der Waals surface area (Å²) < 4.78 is 16.2. The van der Waals surface area contributed by atoms with E-state index in [1.54, 1.807) is 37.8 Å². The zero-order valence-electron chi connectivity index (χ0n) is 55.6. The zero-order chi connectivity index (χ0) is 67.6. The average Bonchev–Trinajstić information content (AvgIpc) is 1.65. The summed E-state index contributed by atoms with van der Waals surface area (Å²) >= 11 is 3.10. The van der Waals surface area contributed by atoms with Crippen molar-refractivity contribution in [1.82, 2.24) is 10.6 Å². The number of Topliss-reactive ketones (excluding diaryl/α,β-unsaturated/α-hetero) is 6. The molecule has 8 fully saturated rings. The minimum absolute atomic E-state index is 0.00328. The van der Waals surface area contributed by atoms with Gasteiger partial charge in [-0.15, -0.1) is 0 Å². The molecule has 10 aliphatic rings. The van der Waals surface area contributed by atoms with E-state index in [1.165, 1.54) is 43.7 Å². The summed E-state index contributed by atoms with van der Waals surface area (Å²) in [6.45, 7) is 13.1. The molecular weight excluding hydrogens is 1230 g/mol. The van der Waals surface area contributed by atoms with Crippen molar-refractivity contribution in [1.29, 1.82) is 0 Å². The number of hydrogen-bond donors (Lipinski definition) is 4. The highest BCUT2D eigenvalue weighted by atomic mass is 32.2. The first-order valence-corrected chi connectivity index (χ1v) is 36.2. The summed E-state index contributed by atoms with van der Waals surface area (Å²) in [4.78, 5) is 158. The average molecular weight is 1330 g/mol. The Kier molecular flexibility index (Phi) is 22.7. The van der Waals surface area contributed by atoms with Crippen molar-refractivity contribution in [3.05, 3.63) is 47.6 Å². The molecule has 0 spiro atoms. The molecule has 0 aromatic carbocycles. The lowest BCUT2D eigenvalue weighted by atomic mass is 9.46. The molecule has 0 aromatic rings. The van der Waals surface area contributed by atoms with E-state index in [1.807, 2.05) is 32.9 Å². The van der Waals surface area contributed by atoms with Crippen molar-refractivity contribution in [2.45, 2.75) is 193 Å². The van der Waals surface area contributed by atoms with Gasteiger partial charge in [-0.3, -0.25) is 57.5 Å². The highest BCUT2D eigenvalue weighted by Crippen LogP contribution is 2.68. The molecule has 2 amide bonds. The number of rotatable bonds is 27. The number of carbonyl (C=O) groups excluding carboxylic acids is 12. The topological polar surface area (TPSA) is 297 Å². The predicted molar refractivity (Wildman–Crippen MR) is 349 cm³/mol. The molecule has 0 saturated heterocycles.